The van der Waals surface area contributed by atoms with E-state index in [0.717, 1.165) is 18.4 Å². The summed E-state index contributed by atoms with van der Waals surface area (Å²) < 4.78 is 24.4. The molecule has 0 unspecified atom stereocenters. The highest BCUT2D eigenvalue weighted by atomic mass is 32.2. The second-order valence-electron chi connectivity index (χ2n) is 7.14. The van der Waals surface area contributed by atoms with E-state index in [1.165, 1.54) is 17.0 Å². The fourth-order valence-corrected chi connectivity index (χ4v) is 4.60. The summed E-state index contributed by atoms with van der Waals surface area (Å²) in [6, 6.07) is 8.64. The van der Waals surface area contributed by atoms with Crippen LogP contribution in [-0.2, 0) is 21.2 Å². The molecule has 3 rings (SSSR count). The number of carboxylic acids is 1. The topological polar surface area (TPSA) is 118 Å². The first-order chi connectivity index (χ1) is 12.7. The Balaban J connectivity index is 1.60. The van der Waals surface area contributed by atoms with Crippen molar-refractivity contribution in [1.29, 1.82) is 0 Å². The van der Waals surface area contributed by atoms with E-state index >= 15 is 0 Å². The van der Waals surface area contributed by atoms with Crippen LogP contribution in [0, 0.1) is 5.41 Å². The van der Waals surface area contributed by atoms with Crippen LogP contribution in [0.4, 0.5) is 0 Å². The van der Waals surface area contributed by atoms with Crippen LogP contribution in [-0.4, -0.2) is 47.2 Å². The van der Waals surface area contributed by atoms with Crippen molar-refractivity contribution in [3.8, 4) is 5.69 Å². The van der Waals surface area contributed by atoms with Gasteiger partial charge in [-0.1, -0.05) is 12.1 Å². The Labute approximate surface area is 157 Å². The van der Waals surface area contributed by atoms with Gasteiger partial charge in [-0.3, -0.25) is 4.79 Å². The lowest BCUT2D eigenvalue weighted by Gasteiger charge is -2.14. The average molecular weight is 391 g/mol. The molecule has 1 aliphatic carbocycles. The highest BCUT2D eigenvalue weighted by molar-refractivity contribution is 7.90. The van der Waals surface area contributed by atoms with Crippen LogP contribution >= 0.6 is 0 Å². The Morgan fingerprint density at radius 1 is 1.30 bits per heavy atom. The molecule has 1 saturated carbocycles. The monoisotopic (exact) mass is 391 g/mol. The molecule has 1 aromatic heterocycles. The number of carboxylic acid groups (broad SMARTS) is 1. The summed E-state index contributed by atoms with van der Waals surface area (Å²) in [5.41, 5.74) is 1.07. The van der Waals surface area contributed by atoms with Crippen molar-refractivity contribution in [2.24, 2.45) is 5.41 Å². The van der Waals surface area contributed by atoms with Gasteiger partial charge in [-0.15, -0.1) is 0 Å². The molecule has 9 heteroatoms. The number of hydrogen-bond acceptors (Lipinski definition) is 5. The van der Waals surface area contributed by atoms with Crippen LogP contribution in [0.25, 0.3) is 5.69 Å². The lowest BCUT2D eigenvalue weighted by atomic mass is 10.1. The Hall–Kier alpha value is -2.68. The zero-order chi connectivity index (χ0) is 19.7. The maximum atomic E-state index is 12.2. The molecule has 144 valence electrons. The SMILES string of the molecule is CS(=O)(=O)CC1(CC(=O)NCc2cccc(-n3ccc(C(=O)O)n3)c2)CC1. The van der Waals surface area contributed by atoms with Crippen molar-refractivity contribution in [2.75, 3.05) is 12.0 Å². The Morgan fingerprint density at radius 2 is 2.04 bits per heavy atom. The number of aromatic nitrogens is 2. The summed E-state index contributed by atoms with van der Waals surface area (Å²) in [6.07, 6.45) is 4.48. The molecule has 0 aliphatic heterocycles. The van der Waals surface area contributed by atoms with Crippen molar-refractivity contribution in [3.63, 3.8) is 0 Å². The molecule has 1 aromatic carbocycles. The number of nitrogens with zero attached hydrogens (tertiary/aromatic N) is 2. The molecule has 0 bridgehead atoms. The van der Waals surface area contributed by atoms with Crippen LogP contribution in [0.15, 0.2) is 36.5 Å². The molecule has 2 aromatic rings. The van der Waals surface area contributed by atoms with Crippen LogP contribution in [0.3, 0.4) is 0 Å². The third-order valence-corrected chi connectivity index (χ3v) is 5.67. The summed E-state index contributed by atoms with van der Waals surface area (Å²) >= 11 is 0. The molecule has 0 spiro atoms. The van der Waals surface area contributed by atoms with Gasteiger partial charge in [0.1, 0.15) is 9.84 Å². The highest BCUT2D eigenvalue weighted by Gasteiger charge is 2.46. The molecular formula is C18H21N3O5S. The zero-order valence-corrected chi connectivity index (χ0v) is 15.7. The third-order valence-electron chi connectivity index (χ3n) is 4.53. The highest BCUT2D eigenvalue weighted by Crippen LogP contribution is 2.49. The quantitative estimate of drug-likeness (QED) is 0.702. The van der Waals surface area contributed by atoms with E-state index in [0.29, 0.717) is 12.2 Å². The fraction of sp³-hybridized carbons (Fsp3) is 0.389. The summed E-state index contributed by atoms with van der Waals surface area (Å²) in [4.78, 5) is 23.1. The maximum Gasteiger partial charge on any atom is 0.356 e. The van der Waals surface area contributed by atoms with Gasteiger partial charge in [-0.2, -0.15) is 5.10 Å². The molecule has 0 radical (unpaired) electrons. The number of amides is 1. The lowest BCUT2D eigenvalue weighted by molar-refractivity contribution is -0.122. The van der Waals surface area contributed by atoms with Crippen LogP contribution < -0.4 is 5.32 Å². The van der Waals surface area contributed by atoms with Crippen LogP contribution in [0.1, 0.15) is 35.3 Å². The molecule has 8 nitrogen and oxygen atoms in total. The van der Waals surface area contributed by atoms with Crippen molar-refractivity contribution in [1.82, 2.24) is 15.1 Å². The number of carbonyl (C=O) groups is 2. The van der Waals surface area contributed by atoms with E-state index in [1.807, 2.05) is 12.1 Å². The molecule has 0 atom stereocenters. The Bertz CT molecular complexity index is 976. The van der Waals surface area contributed by atoms with Crippen LogP contribution in [0.5, 0.6) is 0 Å². The van der Waals surface area contributed by atoms with Gasteiger partial charge in [0.15, 0.2) is 5.69 Å². The summed E-state index contributed by atoms with van der Waals surface area (Å²) in [6.45, 7) is 0.300. The van der Waals surface area contributed by atoms with Gasteiger partial charge < -0.3 is 10.4 Å². The molecule has 1 aliphatic rings. The minimum absolute atomic E-state index is 0.0469. The molecule has 1 heterocycles. The predicted octanol–water partition coefficient (Wildman–Crippen LogP) is 1.40. The van der Waals surface area contributed by atoms with Gasteiger partial charge >= 0.3 is 5.97 Å². The minimum atomic E-state index is -3.10. The normalized spacial score (nSPS) is 15.3. The van der Waals surface area contributed by atoms with Crippen molar-refractivity contribution in [3.05, 3.63) is 47.8 Å². The largest absolute Gasteiger partial charge is 0.476 e. The van der Waals surface area contributed by atoms with Gasteiger partial charge in [0, 0.05) is 25.4 Å². The standard InChI is InChI=1S/C18H21N3O5S/c1-27(25,26)12-18(6-7-18)10-16(22)19-11-13-3-2-4-14(9-13)21-8-5-15(20-21)17(23)24/h2-5,8-9H,6-7,10-12H2,1H3,(H,19,22)(H,23,24). The van der Waals surface area contributed by atoms with Gasteiger partial charge in [0.25, 0.3) is 0 Å². The number of nitrogens with one attached hydrogen (secondary N) is 1. The van der Waals surface area contributed by atoms with E-state index in [9.17, 15) is 18.0 Å². The summed E-state index contributed by atoms with van der Waals surface area (Å²) in [5, 5.41) is 15.8. The minimum Gasteiger partial charge on any atom is -0.476 e. The second kappa shape index (κ2) is 7.15. The molecule has 27 heavy (non-hydrogen) atoms. The number of sulfone groups is 1. The van der Waals surface area contributed by atoms with E-state index < -0.39 is 21.2 Å². The number of hydrogen-bond donors (Lipinski definition) is 2. The molecule has 1 fully saturated rings. The number of carbonyl (C=O) groups excluding carboxylic acids is 1. The van der Waals surface area contributed by atoms with Crippen LogP contribution in [0.2, 0.25) is 0 Å². The molecule has 0 saturated heterocycles. The average Bonchev–Trinajstić information content (AvgIpc) is 3.11. The Morgan fingerprint density at radius 3 is 2.63 bits per heavy atom. The number of rotatable bonds is 8. The predicted molar refractivity (Wildman–Crippen MR) is 98.4 cm³/mol. The number of benzene rings is 1. The van der Waals surface area contributed by atoms with Gasteiger partial charge in [0.05, 0.1) is 11.4 Å². The number of aromatic carboxylic acids is 1. The second-order valence-corrected chi connectivity index (χ2v) is 9.28. The molecule has 2 N–H and O–H groups in total. The first-order valence-electron chi connectivity index (χ1n) is 8.49. The maximum absolute atomic E-state index is 12.2. The molecular weight excluding hydrogens is 370 g/mol. The third kappa shape index (κ3) is 5.16. The lowest BCUT2D eigenvalue weighted by Crippen LogP contribution is -2.28. The first-order valence-corrected chi connectivity index (χ1v) is 10.5. The van der Waals surface area contributed by atoms with E-state index in [-0.39, 0.29) is 23.8 Å². The summed E-state index contributed by atoms with van der Waals surface area (Å²) in [5.74, 6) is -1.22. The summed E-state index contributed by atoms with van der Waals surface area (Å²) in [7, 11) is -3.10. The Kier molecular flexibility index (Phi) is 5.05. The van der Waals surface area contributed by atoms with Gasteiger partial charge in [-0.05, 0) is 42.0 Å². The zero-order valence-electron chi connectivity index (χ0n) is 14.9. The first kappa shape index (κ1) is 19.1. The van der Waals surface area contributed by atoms with Crippen molar-refractivity contribution >= 4 is 21.7 Å². The van der Waals surface area contributed by atoms with E-state index in [4.69, 9.17) is 5.11 Å². The van der Waals surface area contributed by atoms with Crippen molar-refractivity contribution < 1.29 is 23.1 Å². The van der Waals surface area contributed by atoms with E-state index in [2.05, 4.69) is 10.4 Å². The van der Waals surface area contributed by atoms with E-state index in [1.54, 1.807) is 18.3 Å². The van der Waals surface area contributed by atoms with Gasteiger partial charge in [-0.25, -0.2) is 17.9 Å². The van der Waals surface area contributed by atoms with Crippen molar-refractivity contribution in [2.45, 2.75) is 25.8 Å². The van der Waals surface area contributed by atoms with Gasteiger partial charge in [0.2, 0.25) is 5.91 Å². The fourth-order valence-electron chi connectivity index (χ4n) is 3.10. The molecule has 1 amide bonds. The smallest absolute Gasteiger partial charge is 0.356 e.